The summed E-state index contributed by atoms with van der Waals surface area (Å²) in [7, 11) is 0. The molecule has 0 saturated carbocycles. The smallest absolute Gasteiger partial charge is 0.194 e. The quantitative estimate of drug-likeness (QED) is 0.447. The molecule has 1 saturated heterocycles. The third-order valence-corrected chi connectivity index (χ3v) is 6.67. The maximum atomic E-state index is 4.91. The predicted octanol–water partition coefficient (Wildman–Crippen LogP) is 2.79. The van der Waals surface area contributed by atoms with E-state index in [1.165, 1.54) is 30.1 Å². The van der Waals surface area contributed by atoms with Crippen LogP contribution in [-0.2, 0) is 19.4 Å². The average molecular weight is 416 g/mol. The van der Waals surface area contributed by atoms with Crippen LogP contribution < -0.4 is 10.2 Å². The van der Waals surface area contributed by atoms with Gasteiger partial charge in [-0.3, -0.25) is 4.99 Å². The molecule has 29 heavy (non-hydrogen) atoms. The summed E-state index contributed by atoms with van der Waals surface area (Å²) in [6.45, 7) is 9.09. The summed E-state index contributed by atoms with van der Waals surface area (Å²) in [5.74, 6) is 3.38. The number of nitrogens with one attached hydrogen (secondary N) is 1. The largest absolute Gasteiger partial charge is 0.360 e. The number of hydrogen-bond acceptors (Lipinski definition) is 5. The third kappa shape index (κ3) is 5.10. The highest BCUT2D eigenvalue weighted by molar-refractivity contribution is 7.14. The molecule has 2 aliphatic rings. The molecular formula is C21H33N7S. The highest BCUT2D eigenvalue weighted by Crippen LogP contribution is 2.22. The molecular weight excluding hydrogens is 382 g/mol. The second-order valence-electron chi connectivity index (χ2n) is 7.76. The minimum atomic E-state index is 0.829. The van der Waals surface area contributed by atoms with Crippen molar-refractivity contribution in [1.82, 2.24) is 25.0 Å². The number of guanidine groups is 1. The van der Waals surface area contributed by atoms with Crippen molar-refractivity contribution >= 4 is 22.3 Å². The monoisotopic (exact) mass is 415 g/mol. The number of thiophene rings is 1. The summed E-state index contributed by atoms with van der Waals surface area (Å²) in [6.07, 6.45) is 6.85. The van der Waals surface area contributed by atoms with Gasteiger partial charge >= 0.3 is 0 Å². The fourth-order valence-electron chi connectivity index (χ4n) is 4.17. The van der Waals surface area contributed by atoms with Crippen molar-refractivity contribution in [3.8, 4) is 0 Å². The van der Waals surface area contributed by atoms with E-state index < -0.39 is 0 Å². The van der Waals surface area contributed by atoms with E-state index in [1.807, 2.05) is 11.3 Å². The van der Waals surface area contributed by atoms with Crippen LogP contribution in [0.2, 0.25) is 0 Å². The molecule has 0 aromatic carbocycles. The number of nitrogens with zero attached hydrogens (tertiary/aromatic N) is 6. The average Bonchev–Trinajstić information content (AvgIpc) is 3.36. The van der Waals surface area contributed by atoms with Gasteiger partial charge in [-0.1, -0.05) is 6.42 Å². The SMILES string of the molecule is CCNC(=NCCCc1nnc2n1CCCCC2)N1CCN(c2cccs2)CC1. The predicted molar refractivity (Wildman–Crippen MR) is 120 cm³/mol. The summed E-state index contributed by atoms with van der Waals surface area (Å²) in [5, 5.41) is 15.9. The summed E-state index contributed by atoms with van der Waals surface area (Å²) >= 11 is 1.82. The Morgan fingerprint density at radius 3 is 2.83 bits per heavy atom. The molecule has 2 aliphatic heterocycles. The van der Waals surface area contributed by atoms with E-state index in [-0.39, 0.29) is 0 Å². The van der Waals surface area contributed by atoms with E-state index >= 15 is 0 Å². The van der Waals surface area contributed by atoms with Crippen LogP contribution in [0.3, 0.4) is 0 Å². The third-order valence-electron chi connectivity index (χ3n) is 5.74. The van der Waals surface area contributed by atoms with Gasteiger partial charge in [0.15, 0.2) is 5.96 Å². The topological polar surface area (TPSA) is 61.6 Å². The Balaban J connectivity index is 1.28. The van der Waals surface area contributed by atoms with Crippen molar-refractivity contribution in [3.05, 3.63) is 29.2 Å². The molecule has 158 valence electrons. The van der Waals surface area contributed by atoms with E-state index in [0.717, 1.165) is 76.9 Å². The van der Waals surface area contributed by atoms with E-state index in [9.17, 15) is 0 Å². The van der Waals surface area contributed by atoms with Crippen LogP contribution in [0.15, 0.2) is 22.5 Å². The number of rotatable bonds is 6. The zero-order valence-electron chi connectivity index (χ0n) is 17.5. The molecule has 4 heterocycles. The highest BCUT2D eigenvalue weighted by atomic mass is 32.1. The second kappa shape index (κ2) is 10.1. The summed E-state index contributed by atoms with van der Waals surface area (Å²) in [6, 6.07) is 4.34. The van der Waals surface area contributed by atoms with Crippen molar-refractivity contribution in [3.63, 3.8) is 0 Å². The van der Waals surface area contributed by atoms with Crippen LogP contribution in [-0.4, -0.2) is 64.9 Å². The Labute approximate surface area is 177 Å². The van der Waals surface area contributed by atoms with Crippen LogP contribution in [0.25, 0.3) is 0 Å². The van der Waals surface area contributed by atoms with E-state index in [4.69, 9.17) is 4.99 Å². The number of hydrogen-bond donors (Lipinski definition) is 1. The van der Waals surface area contributed by atoms with Gasteiger partial charge in [0.1, 0.15) is 11.6 Å². The molecule has 2 aromatic rings. The van der Waals surface area contributed by atoms with Crippen molar-refractivity contribution in [2.45, 2.75) is 52.0 Å². The van der Waals surface area contributed by atoms with Gasteiger partial charge in [0.25, 0.3) is 0 Å². The van der Waals surface area contributed by atoms with Gasteiger partial charge in [-0.2, -0.15) is 0 Å². The summed E-state index contributed by atoms with van der Waals surface area (Å²) < 4.78 is 2.35. The molecule has 0 spiro atoms. The minimum absolute atomic E-state index is 0.829. The maximum absolute atomic E-state index is 4.91. The van der Waals surface area contributed by atoms with Crippen LogP contribution in [0, 0.1) is 0 Å². The van der Waals surface area contributed by atoms with Crippen molar-refractivity contribution in [2.75, 3.05) is 44.2 Å². The minimum Gasteiger partial charge on any atom is -0.360 e. The Morgan fingerprint density at radius 2 is 2.03 bits per heavy atom. The first-order chi connectivity index (χ1) is 14.3. The highest BCUT2D eigenvalue weighted by Gasteiger charge is 2.20. The lowest BCUT2D eigenvalue weighted by Crippen LogP contribution is -2.52. The lowest BCUT2D eigenvalue weighted by molar-refractivity contribution is 0.373. The summed E-state index contributed by atoms with van der Waals surface area (Å²) in [4.78, 5) is 9.79. The number of aromatic nitrogens is 3. The molecule has 0 unspecified atom stereocenters. The molecule has 1 fully saturated rings. The summed E-state index contributed by atoms with van der Waals surface area (Å²) in [5.41, 5.74) is 0. The molecule has 2 aromatic heterocycles. The van der Waals surface area contributed by atoms with Gasteiger partial charge in [-0.05, 0) is 43.7 Å². The van der Waals surface area contributed by atoms with Crippen LogP contribution in [0.5, 0.6) is 0 Å². The first-order valence-electron chi connectivity index (χ1n) is 11.1. The zero-order valence-corrected chi connectivity index (χ0v) is 18.3. The van der Waals surface area contributed by atoms with E-state index in [1.54, 1.807) is 0 Å². The Kier molecular flexibility index (Phi) is 7.03. The van der Waals surface area contributed by atoms with Gasteiger partial charge in [-0.15, -0.1) is 21.5 Å². The zero-order chi connectivity index (χ0) is 19.9. The Bertz CT molecular complexity index is 775. The molecule has 4 rings (SSSR count). The van der Waals surface area contributed by atoms with Gasteiger partial charge in [0.2, 0.25) is 0 Å². The lowest BCUT2D eigenvalue weighted by Gasteiger charge is -2.37. The molecule has 0 aliphatic carbocycles. The van der Waals surface area contributed by atoms with Crippen LogP contribution in [0.4, 0.5) is 5.00 Å². The van der Waals surface area contributed by atoms with Crippen molar-refractivity contribution in [1.29, 1.82) is 0 Å². The Morgan fingerprint density at radius 1 is 1.14 bits per heavy atom. The second-order valence-corrected chi connectivity index (χ2v) is 8.69. The molecule has 0 bridgehead atoms. The Hall–Kier alpha value is -2.09. The lowest BCUT2D eigenvalue weighted by atomic mass is 10.2. The number of aryl methyl sites for hydroxylation is 2. The van der Waals surface area contributed by atoms with Crippen LogP contribution >= 0.6 is 11.3 Å². The van der Waals surface area contributed by atoms with Crippen molar-refractivity contribution in [2.24, 2.45) is 4.99 Å². The van der Waals surface area contributed by atoms with Gasteiger partial charge < -0.3 is 19.7 Å². The fraction of sp³-hybridized carbons (Fsp3) is 0.667. The van der Waals surface area contributed by atoms with Gasteiger partial charge in [0, 0.05) is 58.7 Å². The number of anilines is 1. The molecule has 1 N–H and O–H groups in total. The van der Waals surface area contributed by atoms with Gasteiger partial charge in [0.05, 0.1) is 5.00 Å². The molecule has 0 radical (unpaired) electrons. The molecule has 8 heteroatoms. The van der Waals surface area contributed by atoms with Crippen LogP contribution in [0.1, 0.15) is 44.3 Å². The first kappa shape index (κ1) is 20.2. The molecule has 7 nitrogen and oxygen atoms in total. The van der Waals surface area contributed by atoms with Gasteiger partial charge in [-0.25, -0.2) is 0 Å². The maximum Gasteiger partial charge on any atom is 0.194 e. The number of fused-ring (bicyclic) bond motifs is 1. The first-order valence-corrected chi connectivity index (χ1v) is 12.0. The number of aliphatic imine (C=N–C) groups is 1. The molecule has 0 amide bonds. The van der Waals surface area contributed by atoms with Crippen molar-refractivity contribution < 1.29 is 0 Å². The standard InChI is InChI=1S/C21H33N7S/c1-2-22-21(27-15-13-26(14-16-27)20-10-7-17-29-20)23-11-6-9-19-25-24-18-8-4-3-5-12-28(18)19/h7,10,17H,2-6,8-9,11-16H2,1H3,(H,22,23). The normalized spacial score (nSPS) is 17.9. The number of piperazine rings is 1. The van der Waals surface area contributed by atoms with E-state index in [2.05, 4.69) is 54.3 Å². The van der Waals surface area contributed by atoms with E-state index in [0.29, 0.717) is 0 Å². The fourth-order valence-corrected chi connectivity index (χ4v) is 4.95. The molecule has 0 atom stereocenters.